The minimum absolute atomic E-state index is 0.0268. The molecule has 0 spiro atoms. The number of benzene rings is 1. The van der Waals surface area contributed by atoms with Crippen molar-refractivity contribution in [2.24, 2.45) is 0 Å². The highest BCUT2D eigenvalue weighted by atomic mass is 16.6. The fourth-order valence-corrected chi connectivity index (χ4v) is 2.55. The van der Waals surface area contributed by atoms with Crippen molar-refractivity contribution in [1.82, 2.24) is 5.32 Å². The van der Waals surface area contributed by atoms with E-state index in [0.717, 1.165) is 13.0 Å². The second kappa shape index (κ2) is 9.57. The number of nitrogens with one attached hydrogen (secondary N) is 1. The molecule has 26 heavy (non-hydrogen) atoms. The summed E-state index contributed by atoms with van der Waals surface area (Å²) in [6, 6.07) is 2.69. The van der Waals surface area contributed by atoms with Crippen molar-refractivity contribution in [3.63, 3.8) is 0 Å². The number of rotatable bonds is 9. The van der Waals surface area contributed by atoms with Crippen LogP contribution in [0.2, 0.25) is 0 Å². The number of carboxylic acids is 1. The van der Waals surface area contributed by atoms with Gasteiger partial charge in [-0.15, -0.1) is 0 Å². The van der Waals surface area contributed by atoms with Crippen LogP contribution in [0.1, 0.15) is 18.9 Å². The Morgan fingerprint density at radius 1 is 1.46 bits per heavy atom. The lowest BCUT2D eigenvalue weighted by Gasteiger charge is -2.28. The van der Waals surface area contributed by atoms with Crippen LogP contribution in [-0.4, -0.2) is 41.8 Å². The maximum absolute atomic E-state index is 11.2. The van der Waals surface area contributed by atoms with E-state index in [1.807, 2.05) is 31.2 Å². The quantitative estimate of drug-likeness (QED) is 0.300. The molecule has 8 nitrogen and oxygen atoms in total. The van der Waals surface area contributed by atoms with Gasteiger partial charge in [0.1, 0.15) is 12.7 Å². The van der Waals surface area contributed by atoms with Crippen LogP contribution < -0.4 is 14.8 Å². The van der Waals surface area contributed by atoms with Gasteiger partial charge in [0.2, 0.25) is 0 Å². The first-order valence-corrected chi connectivity index (χ1v) is 8.33. The third kappa shape index (κ3) is 5.32. The van der Waals surface area contributed by atoms with Crippen LogP contribution in [0.15, 0.2) is 36.4 Å². The molecule has 0 aromatic heterocycles. The first kappa shape index (κ1) is 19.5. The summed E-state index contributed by atoms with van der Waals surface area (Å²) in [6.45, 7) is 3.48. The normalized spacial score (nSPS) is 16.3. The SMILES string of the molecule is C/C=C\C=C/CCNCC1COc2ccc([N+](=O)[O-])c(CC(=O)O)c2O1. The lowest BCUT2D eigenvalue weighted by Crippen LogP contribution is -2.39. The number of aliphatic carboxylic acids is 1. The van der Waals surface area contributed by atoms with Gasteiger partial charge in [-0.05, 0) is 26.0 Å². The Hall–Kier alpha value is -2.87. The number of carboxylic acid groups (broad SMARTS) is 1. The number of ether oxygens (including phenoxy) is 2. The fourth-order valence-electron chi connectivity index (χ4n) is 2.55. The van der Waals surface area contributed by atoms with Gasteiger partial charge in [0.15, 0.2) is 11.5 Å². The van der Waals surface area contributed by atoms with E-state index >= 15 is 0 Å². The molecule has 1 heterocycles. The third-order valence-electron chi connectivity index (χ3n) is 3.73. The Labute approximate surface area is 151 Å². The summed E-state index contributed by atoms with van der Waals surface area (Å²) in [5.41, 5.74) is -0.253. The van der Waals surface area contributed by atoms with Crippen molar-refractivity contribution in [2.45, 2.75) is 25.9 Å². The molecule has 1 aliphatic rings. The van der Waals surface area contributed by atoms with E-state index in [-0.39, 0.29) is 23.1 Å². The number of hydrogen-bond acceptors (Lipinski definition) is 6. The molecule has 0 saturated carbocycles. The lowest BCUT2D eigenvalue weighted by atomic mass is 10.1. The van der Waals surface area contributed by atoms with Crippen LogP contribution >= 0.6 is 0 Å². The molecule has 0 radical (unpaired) electrons. The summed E-state index contributed by atoms with van der Waals surface area (Å²) in [5, 5.41) is 23.5. The molecule has 0 amide bonds. The van der Waals surface area contributed by atoms with Crippen molar-refractivity contribution in [2.75, 3.05) is 19.7 Å². The number of nitro benzene ring substituents is 1. The molecule has 0 fully saturated rings. The monoisotopic (exact) mass is 362 g/mol. The maximum atomic E-state index is 11.2. The van der Waals surface area contributed by atoms with Crippen molar-refractivity contribution >= 4 is 11.7 Å². The molecule has 1 aromatic rings. The van der Waals surface area contributed by atoms with Crippen LogP contribution in [0.4, 0.5) is 5.69 Å². The predicted molar refractivity (Wildman–Crippen MR) is 95.8 cm³/mol. The second-order valence-electron chi connectivity index (χ2n) is 5.72. The zero-order valence-corrected chi connectivity index (χ0v) is 14.5. The van der Waals surface area contributed by atoms with Gasteiger partial charge >= 0.3 is 5.97 Å². The van der Waals surface area contributed by atoms with Gasteiger partial charge in [0, 0.05) is 12.6 Å². The largest absolute Gasteiger partial charge is 0.486 e. The number of fused-ring (bicyclic) bond motifs is 1. The third-order valence-corrected chi connectivity index (χ3v) is 3.73. The average molecular weight is 362 g/mol. The van der Waals surface area contributed by atoms with E-state index in [0.29, 0.717) is 18.9 Å². The molecular weight excluding hydrogens is 340 g/mol. The molecule has 2 rings (SSSR count). The van der Waals surface area contributed by atoms with Gasteiger partial charge in [-0.1, -0.05) is 24.3 Å². The Morgan fingerprint density at radius 2 is 2.27 bits per heavy atom. The van der Waals surface area contributed by atoms with Gasteiger partial charge in [-0.3, -0.25) is 14.9 Å². The minimum Gasteiger partial charge on any atom is -0.486 e. The molecular formula is C18H22N2O6. The molecule has 1 aromatic carbocycles. The van der Waals surface area contributed by atoms with Crippen molar-refractivity contribution in [3.8, 4) is 11.5 Å². The molecule has 8 heteroatoms. The van der Waals surface area contributed by atoms with Crippen LogP contribution in [-0.2, 0) is 11.2 Å². The van der Waals surface area contributed by atoms with E-state index in [4.69, 9.17) is 14.6 Å². The minimum atomic E-state index is -1.17. The van der Waals surface area contributed by atoms with E-state index in [1.165, 1.54) is 12.1 Å². The number of nitro groups is 1. The molecule has 1 atom stereocenters. The Bertz CT molecular complexity index is 714. The highest BCUT2D eigenvalue weighted by Gasteiger charge is 2.30. The maximum Gasteiger partial charge on any atom is 0.308 e. The summed E-state index contributed by atoms with van der Waals surface area (Å²) in [7, 11) is 0. The zero-order chi connectivity index (χ0) is 18.9. The average Bonchev–Trinajstić information content (AvgIpc) is 2.60. The van der Waals surface area contributed by atoms with E-state index < -0.39 is 17.3 Å². The molecule has 0 aliphatic carbocycles. The molecule has 2 N–H and O–H groups in total. The van der Waals surface area contributed by atoms with Crippen LogP contribution in [0, 0.1) is 10.1 Å². The zero-order valence-electron chi connectivity index (χ0n) is 14.5. The Kier molecular flexibility index (Phi) is 7.16. The number of nitrogens with zero attached hydrogens (tertiary/aromatic N) is 1. The highest BCUT2D eigenvalue weighted by molar-refractivity contribution is 5.75. The predicted octanol–water partition coefficient (Wildman–Crippen LogP) is 2.47. The van der Waals surface area contributed by atoms with Crippen molar-refractivity contribution in [1.29, 1.82) is 0 Å². The number of carbonyl (C=O) groups is 1. The van der Waals surface area contributed by atoms with Crippen LogP contribution in [0.5, 0.6) is 11.5 Å². The van der Waals surface area contributed by atoms with Crippen LogP contribution in [0.25, 0.3) is 0 Å². The van der Waals surface area contributed by atoms with Gasteiger partial charge in [-0.25, -0.2) is 0 Å². The first-order chi connectivity index (χ1) is 12.5. The molecule has 0 bridgehead atoms. The second-order valence-corrected chi connectivity index (χ2v) is 5.72. The van der Waals surface area contributed by atoms with E-state index in [9.17, 15) is 14.9 Å². The lowest BCUT2D eigenvalue weighted by molar-refractivity contribution is -0.385. The molecule has 0 saturated heterocycles. The van der Waals surface area contributed by atoms with Gasteiger partial charge < -0.3 is 19.9 Å². The number of allylic oxidation sites excluding steroid dienone is 3. The summed E-state index contributed by atoms with van der Waals surface area (Å²) in [4.78, 5) is 21.7. The summed E-state index contributed by atoms with van der Waals surface area (Å²) >= 11 is 0. The summed E-state index contributed by atoms with van der Waals surface area (Å²) < 4.78 is 11.4. The number of hydrogen-bond donors (Lipinski definition) is 2. The summed E-state index contributed by atoms with van der Waals surface area (Å²) in [5.74, 6) is -0.691. The van der Waals surface area contributed by atoms with Gasteiger partial charge in [0.05, 0.1) is 16.9 Å². The Balaban J connectivity index is 2.02. The topological polar surface area (TPSA) is 111 Å². The fraction of sp³-hybridized carbons (Fsp3) is 0.389. The first-order valence-electron chi connectivity index (χ1n) is 8.33. The van der Waals surface area contributed by atoms with E-state index in [2.05, 4.69) is 5.32 Å². The van der Waals surface area contributed by atoms with Gasteiger partial charge in [0.25, 0.3) is 5.69 Å². The molecule has 140 valence electrons. The highest BCUT2D eigenvalue weighted by Crippen LogP contribution is 2.40. The van der Waals surface area contributed by atoms with Crippen LogP contribution in [0.3, 0.4) is 0 Å². The van der Waals surface area contributed by atoms with E-state index in [1.54, 1.807) is 0 Å². The molecule has 1 aliphatic heterocycles. The van der Waals surface area contributed by atoms with Crippen molar-refractivity contribution < 1.29 is 24.3 Å². The summed E-state index contributed by atoms with van der Waals surface area (Å²) in [6.07, 6.45) is 7.90. The van der Waals surface area contributed by atoms with Crippen molar-refractivity contribution in [3.05, 3.63) is 52.1 Å². The molecule has 1 unspecified atom stereocenters. The Morgan fingerprint density at radius 3 is 2.96 bits per heavy atom. The standard InChI is InChI=1S/C18H22N2O6/c1-2-3-4-5-6-9-19-11-13-12-25-16-8-7-15(20(23)24)14(10-17(21)22)18(16)26-13/h2-5,7-8,13,19H,6,9-12H2,1H3,(H,21,22)/b3-2-,5-4-. The smallest absolute Gasteiger partial charge is 0.308 e. The van der Waals surface area contributed by atoms with Gasteiger partial charge in [-0.2, -0.15) is 0 Å².